The standard InChI is InChI=1S/C14H15NO/c1-11(12-7-3-2-4-8-12)15-14(16)13-9-5-6-10-13/h2-11,15-16H,1H3/p-1/t11-/m1/s1. The highest BCUT2D eigenvalue weighted by atomic mass is 16.3. The van der Waals surface area contributed by atoms with E-state index in [2.05, 4.69) is 5.32 Å². The highest BCUT2D eigenvalue weighted by molar-refractivity contribution is 5.41. The van der Waals surface area contributed by atoms with Gasteiger partial charge in [-0.2, -0.15) is 0 Å². The molecule has 0 amide bonds. The van der Waals surface area contributed by atoms with E-state index in [0.29, 0.717) is 5.57 Å². The first-order valence-electron chi connectivity index (χ1n) is 5.35. The molecule has 0 heterocycles. The first kappa shape index (κ1) is 10.6. The maximum atomic E-state index is 11.8. The van der Waals surface area contributed by atoms with Gasteiger partial charge in [-0.1, -0.05) is 54.6 Å². The Bertz CT molecular complexity index is 429. The van der Waals surface area contributed by atoms with Crippen LogP contribution < -0.4 is 10.4 Å². The molecular weight excluding hydrogens is 198 g/mol. The minimum Gasteiger partial charge on any atom is -0.860 e. The Balaban J connectivity index is 2.08. The van der Waals surface area contributed by atoms with Gasteiger partial charge in [-0.3, -0.25) is 0 Å². The molecule has 0 bridgehead atoms. The predicted octanol–water partition coefficient (Wildman–Crippen LogP) is 2.04. The van der Waals surface area contributed by atoms with E-state index in [-0.39, 0.29) is 11.9 Å². The van der Waals surface area contributed by atoms with Crippen molar-refractivity contribution in [1.82, 2.24) is 5.32 Å². The van der Waals surface area contributed by atoms with Crippen molar-refractivity contribution in [2.45, 2.75) is 13.0 Å². The van der Waals surface area contributed by atoms with Gasteiger partial charge in [0.05, 0.1) is 0 Å². The normalized spacial score (nSPS) is 15.2. The zero-order valence-corrected chi connectivity index (χ0v) is 9.18. The minimum atomic E-state index is -0.0265. The summed E-state index contributed by atoms with van der Waals surface area (Å²) in [6.07, 6.45) is 7.35. The third-order valence-electron chi connectivity index (χ3n) is 2.57. The quantitative estimate of drug-likeness (QED) is 0.778. The Labute approximate surface area is 95.6 Å². The molecule has 0 saturated carbocycles. The molecule has 0 radical (unpaired) electrons. The second-order valence-electron chi connectivity index (χ2n) is 3.78. The Morgan fingerprint density at radius 1 is 1.12 bits per heavy atom. The van der Waals surface area contributed by atoms with Crippen molar-refractivity contribution >= 4 is 0 Å². The van der Waals surface area contributed by atoms with E-state index in [1.54, 1.807) is 0 Å². The summed E-state index contributed by atoms with van der Waals surface area (Å²) in [4.78, 5) is 0. The lowest BCUT2D eigenvalue weighted by Gasteiger charge is -2.23. The number of nitrogens with one attached hydrogen (secondary N) is 1. The van der Waals surface area contributed by atoms with Crippen LogP contribution in [0.3, 0.4) is 0 Å². The number of hydrogen-bond donors (Lipinski definition) is 1. The monoisotopic (exact) mass is 212 g/mol. The third kappa shape index (κ3) is 2.34. The van der Waals surface area contributed by atoms with Crippen molar-refractivity contribution in [3.05, 3.63) is 71.7 Å². The third-order valence-corrected chi connectivity index (χ3v) is 2.57. The first-order chi connectivity index (χ1) is 7.77. The first-order valence-corrected chi connectivity index (χ1v) is 5.35. The van der Waals surface area contributed by atoms with Gasteiger partial charge in [0.1, 0.15) is 0 Å². The summed E-state index contributed by atoms with van der Waals surface area (Å²) in [5.41, 5.74) is 1.82. The maximum Gasteiger partial charge on any atom is 0.0474 e. The van der Waals surface area contributed by atoms with E-state index in [4.69, 9.17) is 0 Å². The number of rotatable bonds is 3. The van der Waals surface area contributed by atoms with E-state index in [9.17, 15) is 5.11 Å². The molecular formula is C14H14NO-. The van der Waals surface area contributed by atoms with Crippen molar-refractivity contribution in [1.29, 1.82) is 0 Å². The summed E-state index contributed by atoms with van der Waals surface area (Å²) < 4.78 is 0. The summed E-state index contributed by atoms with van der Waals surface area (Å²) in [5.74, 6) is -0.0265. The van der Waals surface area contributed by atoms with Crippen molar-refractivity contribution in [2.75, 3.05) is 0 Å². The van der Waals surface area contributed by atoms with Gasteiger partial charge >= 0.3 is 0 Å². The molecule has 16 heavy (non-hydrogen) atoms. The molecule has 1 aliphatic rings. The maximum absolute atomic E-state index is 11.8. The predicted molar refractivity (Wildman–Crippen MR) is 63.3 cm³/mol. The van der Waals surface area contributed by atoms with Gasteiger partial charge in [0.25, 0.3) is 0 Å². The molecule has 82 valence electrons. The van der Waals surface area contributed by atoms with Gasteiger partial charge in [-0.25, -0.2) is 0 Å². The van der Waals surface area contributed by atoms with Crippen LogP contribution in [0.25, 0.3) is 0 Å². The second-order valence-corrected chi connectivity index (χ2v) is 3.78. The molecule has 0 spiro atoms. The van der Waals surface area contributed by atoms with Gasteiger partial charge in [-0.15, -0.1) is 0 Å². The fraction of sp³-hybridized carbons (Fsp3) is 0.143. The van der Waals surface area contributed by atoms with Gasteiger partial charge < -0.3 is 10.4 Å². The molecule has 2 nitrogen and oxygen atoms in total. The minimum absolute atomic E-state index is 0.0265. The molecule has 2 heteroatoms. The van der Waals surface area contributed by atoms with Crippen molar-refractivity contribution in [2.24, 2.45) is 0 Å². The Morgan fingerprint density at radius 3 is 2.38 bits per heavy atom. The van der Waals surface area contributed by atoms with Crippen molar-refractivity contribution in [3.8, 4) is 0 Å². The van der Waals surface area contributed by atoms with E-state index in [1.807, 2.05) is 61.6 Å². The summed E-state index contributed by atoms with van der Waals surface area (Å²) >= 11 is 0. The number of benzene rings is 1. The summed E-state index contributed by atoms with van der Waals surface area (Å²) in [7, 11) is 0. The van der Waals surface area contributed by atoms with Gasteiger partial charge in [0.15, 0.2) is 0 Å². The van der Waals surface area contributed by atoms with Gasteiger partial charge in [-0.05, 0) is 23.9 Å². The summed E-state index contributed by atoms with van der Waals surface area (Å²) in [6, 6.07) is 9.96. The molecule has 0 unspecified atom stereocenters. The van der Waals surface area contributed by atoms with Crippen LogP contribution in [-0.2, 0) is 0 Å². The van der Waals surface area contributed by atoms with Crippen LogP contribution in [-0.4, -0.2) is 0 Å². The van der Waals surface area contributed by atoms with E-state index < -0.39 is 0 Å². The molecule has 0 fully saturated rings. The average Bonchev–Trinajstić information content (AvgIpc) is 2.83. The average molecular weight is 212 g/mol. The molecule has 1 N–H and O–H groups in total. The molecule has 1 aromatic rings. The van der Waals surface area contributed by atoms with Crippen LogP contribution >= 0.6 is 0 Å². The molecule has 0 aromatic heterocycles. The Morgan fingerprint density at radius 2 is 1.75 bits per heavy atom. The molecule has 2 rings (SSSR count). The zero-order chi connectivity index (χ0) is 11.4. The molecule has 1 aromatic carbocycles. The van der Waals surface area contributed by atoms with E-state index in [0.717, 1.165) is 5.56 Å². The van der Waals surface area contributed by atoms with Crippen LogP contribution in [0.15, 0.2) is 66.1 Å². The van der Waals surface area contributed by atoms with E-state index in [1.165, 1.54) is 0 Å². The van der Waals surface area contributed by atoms with Crippen LogP contribution in [0.2, 0.25) is 0 Å². The lowest BCUT2D eigenvalue weighted by Crippen LogP contribution is -2.27. The summed E-state index contributed by atoms with van der Waals surface area (Å²) in [5, 5.41) is 14.7. The number of hydrogen-bond acceptors (Lipinski definition) is 2. The largest absolute Gasteiger partial charge is 0.860 e. The van der Waals surface area contributed by atoms with Crippen LogP contribution in [0.1, 0.15) is 18.5 Å². The highest BCUT2D eigenvalue weighted by Crippen LogP contribution is 2.14. The lowest BCUT2D eigenvalue weighted by atomic mass is 10.1. The Kier molecular flexibility index (Phi) is 3.10. The molecule has 0 saturated heterocycles. The fourth-order valence-electron chi connectivity index (χ4n) is 1.63. The van der Waals surface area contributed by atoms with Crippen LogP contribution in [0.4, 0.5) is 0 Å². The SMILES string of the molecule is C[C@@H](NC([O-])=C1C=CC=C1)c1ccccc1. The number of allylic oxidation sites excluding steroid dienone is 5. The van der Waals surface area contributed by atoms with Crippen molar-refractivity contribution in [3.63, 3.8) is 0 Å². The Hall–Kier alpha value is -1.96. The van der Waals surface area contributed by atoms with E-state index >= 15 is 0 Å². The highest BCUT2D eigenvalue weighted by Gasteiger charge is 2.03. The smallest absolute Gasteiger partial charge is 0.0474 e. The topological polar surface area (TPSA) is 35.1 Å². The molecule has 0 aliphatic heterocycles. The lowest BCUT2D eigenvalue weighted by molar-refractivity contribution is -0.314. The van der Waals surface area contributed by atoms with Gasteiger partial charge in [0, 0.05) is 6.04 Å². The molecule has 1 atom stereocenters. The molecule has 1 aliphatic carbocycles. The fourth-order valence-corrected chi connectivity index (χ4v) is 1.63. The van der Waals surface area contributed by atoms with Crippen LogP contribution in [0, 0.1) is 0 Å². The summed E-state index contributed by atoms with van der Waals surface area (Å²) in [6.45, 7) is 1.98. The van der Waals surface area contributed by atoms with Crippen LogP contribution in [0.5, 0.6) is 0 Å². The second kappa shape index (κ2) is 4.71. The van der Waals surface area contributed by atoms with Gasteiger partial charge in [0.2, 0.25) is 0 Å². The zero-order valence-electron chi connectivity index (χ0n) is 9.18. The van der Waals surface area contributed by atoms with Crippen molar-refractivity contribution < 1.29 is 5.11 Å².